The fraction of sp³-hybridized carbons (Fsp3) is 0.462. The number of rotatable bonds is 2. The molecular weight excluding hydrogens is 262 g/mol. The van der Waals surface area contributed by atoms with Gasteiger partial charge >= 0.3 is 0 Å². The molecule has 6 heteroatoms. The average Bonchev–Trinajstić information content (AvgIpc) is 2.87. The zero-order chi connectivity index (χ0) is 14.2. The molecule has 2 nitrogen and oxygen atoms in total. The lowest BCUT2D eigenvalue weighted by Crippen LogP contribution is -2.34. The third kappa shape index (κ3) is 2.43. The van der Waals surface area contributed by atoms with Crippen molar-refractivity contribution < 1.29 is 22.4 Å². The van der Waals surface area contributed by atoms with E-state index < -0.39 is 40.3 Å². The lowest BCUT2D eigenvalue weighted by Gasteiger charge is -2.14. The molecule has 1 aromatic rings. The molecule has 1 saturated carbocycles. The minimum absolute atomic E-state index is 0.196. The lowest BCUT2D eigenvalue weighted by atomic mass is 10.1. The van der Waals surface area contributed by atoms with E-state index in [-0.39, 0.29) is 6.04 Å². The number of carbonyl (C=O) groups excluding carboxylic acids is 1. The van der Waals surface area contributed by atoms with Crippen LogP contribution in [0.4, 0.5) is 17.6 Å². The Kier molecular flexibility index (Phi) is 3.78. The number of carbonyl (C=O) groups is 1. The second-order valence-electron chi connectivity index (χ2n) is 4.71. The van der Waals surface area contributed by atoms with E-state index in [2.05, 4.69) is 5.32 Å². The standard InChI is InChI=1S/C13H13F4NO/c1-6-9(14)11(16)8(12(17)10(6)15)13(19)18-7-4-2-3-5-7/h7H,2-5H2,1H3,(H,18,19). The molecule has 0 spiro atoms. The van der Waals surface area contributed by atoms with Gasteiger partial charge in [0.2, 0.25) is 0 Å². The average molecular weight is 275 g/mol. The Morgan fingerprint density at radius 1 is 1.00 bits per heavy atom. The Bertz CT molecular complexity index is 495. The predicted molar refractivity (Wildman–Crippen MR) is 60.7 cm³/mol. The summed E-state index contributed by atoms with van der Waals surface area (Å²) < 4.78 is 53.9. The molecule has 0 heterocycles. The molecule has 19 heavy (non-hydrogen) atoms. The quantitative estimate of drug-likeness (QED) is 0.651. The van der Waals surface area contributed by atoms with Crippen molar-refractivity contribution in [3.8, 4) is 0 Å². The zero-order valence-electron chi connectivity index (χ0n) is 10.3. The van der Waals surface area contributed by atoms with Crippen LogP contribution < -0.4 is 5.32 Å². The number of halogens is 4. The van der Waals surface area contributed by atoms with Crippen LogP contribution in [0.25, 0.3) is 0 Å². The zero-order valence-corrected chi connectivity index (χ0v) is 10.3. The van der Waals surface area contributed by atoms with Crippen molar-refractivity contribution in [1.29, 1.82) is 0 Å². The first-order chi connectivity index (χ1) is 8.93. The van der Waals surface area contributed by atoms with Crippen molar-refractivity contribution in [3.63, 3.8) is 0 Å². The van der Waals surface area contributed by atoms with Gasteiger partial charge in [-0.3, -0.25) is 4.79 Å². The van der Waals surface area contributed by atoms with E-state index in [0.29, 0.717) is 12.8 Å². The Balaban J connectivity index is 2.36. The Morgan fingerprint density at radius 3 is 1.95 bits per heavy atom. The normalized spacial score (nSPS) is 15.8. The van der Waals surface area contributed by atoms with Gasteiger partial charge in [-0.2, -0.15) is 0 Å². The summed E-state index contributed by atoms with van der Waals surface area (Å²) in [6.07, 6.45) is 3.22. The van der Waals surface area contributed by atoms with E-state index in [4.69, 9.17) is 0 Å². The number of hydrogen-bond donors (Lipinski definition) is 1. The van der Waals surface area contributed by atoms with E-state index >= 15 is 0 Å². The van der Waals surface area contributed by atoms with Crippen molar-refractivity contribution in [1.82, 2.24) is 5.32 Å². The van der Waals surface area contributed by atoms with Crippen LogP contribution in [0, 0.1) is 30.2 Å². The van der Waals surface area contributed by atoms with Crippen LogP contribution in [-0.4, -0.2) is 11.9 Å². The first-order valence-electron chi connectivity index (χ1n) is 6.07. The molecule has 1 aliphatic carbocycles. The third-order valence-corrected chi connectivity index (χ3v) is 3.40. The molecular formula is C13H13F4NO. The molecule has 2 rings (SSSR count). The smallest absolute Gasteiger partial charge is 0.257 e. The summed E-state index contributed by atoms with van der Waals surface area (Å²) >= 11 is 0. The Hall–Kier alpha value is -1.59. The van der Waals surface area contributed by atoms with E-state index in [9.17, 15) is 22.4 Å². The fourth-order valence-electron chi connectivity index (χ4n) is 2.27. The van der Waals surface area contributed by atoms with Gasteiger partial charge in [-0.05, 0) is 19.8 Å². The monoisotopic (exact) mass is 275 g/mol. The van der Waals surface area contributed by atoms with Crippen LogP contribution in [0.2, 0.25) is 0 Å². The topological polar surface area (TPSA) is 29.1 Å². The van der Waals surface area contributed by atoms with Gasteiger partial charge in [0.15, 0.2) is 23.3 Å². The van der Waals surface area contributed by atoms with Crippen LogP contribution in [0.3, 0.4) is 0 Å². The molecule has 0 aliphatic heterocycles. The first-order valence-corrected chi connectivity index (χ1v) is 6.07. The maximum Gasteiger partial charge on any atom is 0.257 e. The van der Waals surface area contributed by atoms with Gasteiger partial charge in [-0.1, -0.05) is 12.8 Å². The van der Waals surface area contributed by atoms with Gasteiger partial charge < -0.3 is 5.32 Å². The minimum Gasteiger partial charge on any atom is -0.349 e. The molecule has 1 aromatic carbocycles. The van der Waals surface area contributed by atoms with Crippen LogP contribution in [-0.2, 0) is 0 Å². The maximum absolute atomic E-state index is 13.6. The fourth-order valence-corrected chi connectivity index (χ4v) is 2.27. The predicted octanol–water partition coefficient (Wildman–Crippen LogP) is 3.22. The summed E-state index contributed by atoms with van der Waals surface area (Å²) in [6.45, 7) is 0.912. The lowest BCUT2D eigenvalue weighted by molar-refractivity contribution is 0.0926. The van der Waals surface area contributed by atoms with Gasteiger partial charge in [0.05, 0.1) is 0 Å². The van der Waals surface area contributed by atoms with Crippen LogP contribution in [0.5, 0.6) is 0 Å². The van der Waals surface area contributed by atoms with Crippen LogP contribution in [0.15, 0.2) is 0 Å². The molecule has 0 saturated heterocycles. The summed E-state index contributed by atoms with van der Waals surface area (Å²) in [5.41, 5.74) is -1.96. The molecule has 1 amide bonds. The molecule has 0 atom stereocenters. The minimum atomic E-state index is -1.65. The van der Waals surface area contributed by atoms with Crippen molar-refractivity contribution >= 4 is 5.91 Å². The molecule has 104 valence electrons. The highest BCUT2D eigenvalue weighted by molar-refractivity contribution is 5.95. The number of amides is 1. The number of nitrogens with one attached hydrogen (secondary N) is 1. The molecule has 0 radical (unpaired) electrons. The third-order valence-electron chi connectivity index (χ3n) is 3.40. The Labute approximate surface area is 107 Å². The molecule has 0 unspecified atom stereocenters. The van der Waals surface area contributed by atoms with E-state index in [1.54, 1.807) is 0 Å². The summed E-state index contributed by atoms with van der Waals surface area (Å²) in [4.78, 5) is 11.7. The second-order valence-corrected chi connectivity index (χ2v) is 4.71. The van der Waals surface area contributed by atoms with Gasteiger partial charge in [0.25, 0.3) is 5.91 Å². The van der Waals surface area contributed by atoms with Gasteiger partial charge in [-0.25, -0.2) is 17.6 Å². The molecule has 1 aliphatic rings. The summed E-state index contributed by atoms with van der Waals surface area (Å²) in [7, 11) is 0. The van der Waals surface area contributed by atoms with Crippen LogP contribution in [0.1, 0.15) is 41.6 Å². The van der Waals surface area contributed by atoms with E-state index in [0.717, 1.165) is 19.8 Å². The summed E-state index contributed by atoms with van der Waals surface area (Å²) in [5.74, 6) is -7.47. The number of hydrogen-bond acceptors (Lipinski definition) is 1. The maximum atomic E-state index is 13.6. The second kappa shape index (κ2) is 5.19. The highest BCUT2D eigenvalue weighted by atomic mass is 19.2. The molecule has 0 bridgehead atoms. The molecule has 0 aromatic heterocycles. The van der Waals surface area contributed by atoms with E-state index in [1.165, 1.54) is 0 Å². The van der Waals surface area contributed by atoms with Crippen molar-refractivity contribution in [2.45, 2.75) is 38.6 Å². The van der Waals surface area contributed by atoms with Crippen molar-refractivity contribution in [2.24, 2.45) is 0 Å². The van der Waals surface area contributed by atoms with Crippen molar-refractivity contribution in [2.75, 3.05) is 0 Å². The van der Waals surface area contributed by atoms with Crippen molar-refractivity contribution in [3.05, 3.63) is 34.4 Å². The SMILES string of the molecule is Cc1c(F)c(F)c(C(=O)NC2CCCC2)c(F)c1F. The largest absolute Gasteiger partial charge is 0.349 e. The Morgan fingerprint density at radius 2 is 1.47 bits per heavy atom. The molecule has 1 fully saturated rings. The van der Waals surface area contributed by atoms with Gasteiger partial charge in [-0.15, -0.1) is 0 Å². The molecule has 1 N–H and O–H groups in total. The first kappa shape index (κ1) is 13.8. The highest BCUT2D eigenvalue weighted by Crippen LogP contribution is 2.24. The number of benzene rings is 1. The van der Waals surface area contributed by atoms with Gasteiger partial charge in [0, 0.05) is 11.6 Å². The van der Waals surface area contributed by atoms with Gasteiger partial charge in [0.1, 0.15) is 5.56 Å². The highest BCUT2D eigenvalue weighted by Gasteiger charge is 2.29. The summed E-state index contributed by atoms with van der Waals surface area (Å²) in [6, 6.07) is -0.196. The van der Waals surface area contributed by atoms with E-state index in [1.807, 2.05) is 0 Å². The van der Waals surface area contributed by atoms with Crippen LogP contribution >= 0.6 is 0 Å². The summed E-state index contributed by atoms with van der Waals surface area (Å²) in [5, 5.41) is 2.40.